The lowest BCUT2D eigenvalue weighted by atomic mass is 9.93. The number of esters is 1. The van der Waals surface area contributed by atoms with Crippen molar-refractivity contribution in [2.75, 3.05) is 20.8 Å². The lowest BCUT2D eigenvalue weighted by Gasteiger charge is -2.15. The van der Waals surface area contributed by atoms with Crippen LogP contribution in [0.15, 0.2) is 54.6 Å². The minimum absolute atomic E-state index is 0.318. The molecule has 0 unspecified atom stereocenters. The molecule has 4 nitrogen and oxygen atoms in total. The standard InChI is InChI=1S/C23H20O4/c1-4-27-23(24)14-9-10-17-15-7-5-6-8-16(15)19-12-21(25-2)22(26-3)13-20(19)18(17)11-14/h5-13H,4H2,1-3H3. The fraction of sp³-hybridized carbons (Fsp3) is 0.174. The van der Waals surface area contributed by atoms with Crippen molar-refractivity contribution in [2.24, 2.45) is 0 Å². The maximum Gasteiger partial charge on any atom is 0.338 e. The fourth-order valence-corrected chi connectivity index (χ4v) is 3.62. The summed E-state index contributed by atoms with van der Waals surface area (Å²) in [5.74, 6) is 1.01. The highest BCUT2D eigenvalue weighted by molar-refractivity contribution is 6.26. The van der Waals surface area contributed by atoms with Gasteiger partial charge < -0.3 is 14.2 Å². The second kappa shape index (κ2) is 6.80. The normalized spacial score (nSPS) is 11.1. The van der Waals surface area contributed by atoms with Crippen molar-refractivity contribution in [3.8, 4) is 11.5 Å². The number of carbonyl (C=O) groups excluding carboxylic acids is 1. The predicted octanol–water partition coefficient (Wildman–Crippen LogP) is 5.34. The van der Waals surface area contributed by atoms with E-state index in [9.17, 15) is 4.79 Å². The van der Waals surface area contributed by atoms with Crippen molar-refractivity contribution in [3.05, 3.63) is 60.2 Å². The summed E-state index contributed by atoms with van der Waals surface area (Å²) < 4.78 is 16.2. The first-order valence-corrected chi connectivity index (χ1v) is 8.85. The molecule has 0 atom stereocenters. The summed E-state index contributed by atoms with van der Waals surface area (Å²) in [5, 5.41) is 6.38. The second-order valence-corrected chi connectivity index (χ2v) is 6.28. The minimum Gasteiger partial charge on any atom is -0.493 e. The molecule has 0 aliphatic carbocycles. The van der Waals surface area contributed by atoms with Gasteiger partial charge in [-0.25, -0.2) is 4.79 Å². The average molecular weight is 360 g/mol. The zero-order valence-electron chi connectivity index (χ0n) is 15.5. The van der Waals surface area contributed by atoms with Gasteiger partial charge in [0.2, 0.25) is 0 Å². The minimum atomic E-state index is -0.318. The van der Waals surface area contributed by atoms with Gasteiger partial charge in [0.05, 0.1) is 26.4 Å². The van der Waals surface area contributed by atoms with Crippen LogP contribution in [0, 0.1) is 0 Å². The fourth-order valence-electron chi connectivity index (χ4n) is 3.62. The Balaban J connectivity index is 2.16. The molecule has 27 heavy (non-hydrogen) atoms. The molecule has 4 heteroatoms. The lowest BCUT2D eigenvalue weighted by Crippen LogP contribution is -2.04. The number of rotatable bonds is 4. The molecule has 0 radical (unpaired) electrons. The summed E-state index contributed by atoms with van der Waals surface area (Å²) >= 11 is 0. The molecule has 0 aliphatic rings. The van der Waals surface area contributed by atoms with Crippen molar-refractivity contribution in [2.45, 2.75) is 6.92 Å². The van der Waals surface area contributed by atoms with Gasteiger partial charge in [0, 0.05) is 0 Å². The zero-order valence-corrected chi connectivity index (χ0v) is 15.5. The van der Waals surface area contributed by atoms with E-state index < -0.39 is 0 Å². The topological polar surface area (TPSA) is 44.8 Å². The summed E-state index contributed by atoms with van der Waals surface area (Å²) in [5.41, 5.74) is 0.538. The van der Waals surface area contributed by atoms with Crippen LogP contribution in [0.1, 0.15) is 17.3 Å². The van der Waals surface area contributed by atoms with E-state index in [2.05, 4.69) is 12.1 Å². The van der Waals surface area contributed by atoms with Crippen LogP contribution in [0.4, 0.5) is 0 Å². The third-order valence-electron chi connectivity index (χ3n) is 4.85. The molecule has 0 saturated carbocycles. The van der Waals surface area contributed by atoms with Crippen LogP contribution in [0.2, 0.25) is 0 Å². The quantitative estimate of drug-likeness (QED) is 0.364. The Hall–Kier alpha value is -3.27. The largest absolute Gasteiger partial charge is 0.493 e. The highest BCUT2D eigenvalue weighted by Crippen LogP contribution is 2.41. The number of benzene rings is 4. The average Bonchev–Trinajstić information content (AvgIpc) is 2.72. The van der Waals surface area contributed by atoms with Crippen LogP contribution in [-0.2, 0) is 4.74 Å². The molecule has 0 aromatic heterocycles. The molecule has 4 aromatic carbocycles. The molecule has 0 saturated heterocycles. The van der Waals surface area contributed by atoms with E-state index in [-0.39, 0.29) is 5.97 Å². The Kier molecular flexibility index (Phi) is 4.32. The summed E-state index contributed by atoms with van der Waals surface area (Å²) in [6.07, 6.45) is 0. The molecule has 0 fully saturated rings. The second-order valence-electron chi connectivity index (χ2n) is 6.28. The maximum absolute atomic E-state index is 12.2. The molecule has 0 bridgehead atoms. The highest BCUT2D eigenvalue weighted by atomic mass is 16.5. The molecule has 0 heterocycles. The van der Waals surface area contributed by atoms with Crippen LogP contribution in [0.25, 0.3) is 32.3 Å². The lowest BCUT2D eigenvalue weighted by molar-refractivity contribution is 0.0526. The molecular weight excluding hydrogens is 340 g/mol. The highest BCUT2D eigenvalue weighted by Gasteiger charge is 2.15. The Morgan fingerprint density at radius 1 is 0.741 bits per heavy atom. The molecule has 0 N–H and O–H groups in total. The van der Waals surface area contributed by atoms with Crippen molar-refractivity contribution in [3.63, 3.8) is 0 Å². The number of methoxy groups -OCH3 is 2. The Labute approximate surface area is 157 Å². The van der Waals surface area contributed by atoms with E-state index in [0.717, 1.165) is 32.3 Å². The molecule has 4 rings (SSSR count). The summed E-state index contributed by atoms with van der Waals surface area (Å²) in [6, 6.07) is 17.9. The van der Waals surface area contributed by atoms with E-state index in [1.54, 1.807) is 21.1 Å². The van der Waals surface area contributed by atoms with Crippen molar-refractivity contribution >= 4 is 38.3 Å². The molecule has 0 spiro atoms. The third-order valence-corrected chi connectivity index (χ3v) is 4.85. The molecular formula is C23H20O4. The van der Waals surface area contributed by atoms with Gasteiger partial charge in [0.1, 0.15) is 0 Å². The van der Waals surface area contributed by atoms with E-state index in [1.165, 1.54) is 0 Å². The van der Waals surface area contributed by atoms with E-state index in [0.29, 0.717) is 23.7 Å². The Bertz CT molecular complexity index is 1180. The van der Waals surface area contributed by atoms with Crippen molar-refractivity contribution < 1.29 is 19.0 Å². The number of hydrogen-bond acceptors (Lipinski definition) is 4. The number of fused-ring (bicyclic) bond motifs is 6. The molecule has 4 aromatic rings. The van der Waals surface area contributed by atoms with Crippen LogP contribution < -0.4 is 9.47 Å². The van der Waals surface area contributed by atoms with Gasteiger partial charge in [-0.2, -0.15) is 0 Å². The van der Waals surface area contributed by atoms with Gasteiger partial charge in [-0.15, -0.1) is 0 Å². The van der Waals surface area contributed by atoms with E-state index >= 15 is 0 Å². The van der Waals surface area contributed by atoms with Gasteiger partial charge in [-0.1, -0.05) is 30.3 Å². The first-order chi connectivity index (χ1) is 13.2. The summed E-state index contributed by atoms with van der Waals surface area (Å²) in [6.45, 7) is 2.15. The number of hydrogen-bond donors (Lipinski definition) is 0. The summed E-state index contributed by atoms with van der Waals surface area (Å²) in [4.78, 5) is 12.2. The smallest absolute Gasteiger partial charge is 0.338 e. The van der Waals surface area contributed by atoms with Gasteiger partial charge in [0.15, 0.2) is 11.5 Å². The van der Waals surface area contributed by atoms with Gasteiger partial charge in [0.25, 0.3) is 0 Å². The van der Waals surface area contributed by atoms with Crippen molar-refractivity contribution in [1.82, 2.24) is 0 Å². The first kappa shape index (κ1) is 17.2. The molecule has 136 valence electrons. The van der Waals surface area contributed by atoms with Crippen LogP contribution in [0.3, 0.4) is 0 Å². The van der Waals surface area contributed by atoms with E-state index in [1.807, 2.05) is 42.5 Å². The Morgan fingerprint density at radius 3 is 1.85 bits per heavy atom. The van der Waals surface area contributed by atoms with Gasteiger partial charge in [-0.05, 0) is 63.5 Å². The number of carbonyl (C=O) groups is 1. The van der Waals surface area contributed by atoms with Crippen LogP contribution in [-0.4, -0.2) is 26.8 Å². The SMILES string of the molecule is CCOC(=O)c1ccc2c3ccccc3c3cc(OC)c(OC)cc3c2c1. The molecule has 0 amide bonds. The van der Waals surface area contributed by atoms with Crippen LogP contribution >= 0.6 is 0 Å². The Morgan fingerprint density at radius 2 is 1.26 bits per heavy atom. The van der Waals surface area contributed by atoms with Crippen molar-refractivity contribution in [1.29, 1.82) is 0 Å². The third kappa shape index (κ3) is 2.74. The first-order valence-electron chi connectivity index (χ1n) is 8.85. The van der Waals surface area contributed by atoms with E-state index in [4.69, 9.17) is 14.2 Å². The maximum atomic E-state index is 12.2. The van der Waals surface area contributed by atoms with Crippen LogP contribution in [0.5, 0.6) is 11.5 Å². The predicted molar refractivity (Wildman–Crippen MR) is 108 cm³/mol. The zero-order chi connectivity index (χ0) is 19.0. The summed E-state index contributed by atoms with van der Waals surface area (Å²) in [7, 11) is 3.25. The van der Waals surface area contributed by atoms with Gasteiger partial charge >= 0.3 is 5.97 Å². The number of ether oxygens (including phenoxy) is 3. The monoisotopic (exact) mass is 360 g/mol. The van der Waals surface area contributed by atoms with Gasteiger partial charge in [-0.3, -0.25) is 0 Å². The molecule has 0 aliphatic heterocycles.